The van der Waals surface area contributed by atoms with Gasteiger partial charge in [0.15, 0.2) is 0 Å². The van der Waals surface area contributed by atoms with Gasteiger partial charge in [-0.3, -0.25) is 4.79 Å². The zero-order valence-corrected chi connectivity index (χ0v) is 13.4. The van der Waals surface area contributed by atoms with E-state index in [1.165, 1.54) is 7.11 Å². The lowest BCUT2D eigenvalue weighted by Crippen LogP contribution is -2.46. The van der Waals surface area contributed by atoms with Gasteiger partial charge in [-0.05, 0) is 50.2 Å². The predicted octanol–water partition coefficient (Wildman–Crippen LogP) is 0.819. The van der Waals surface area contributed by atoms with E-state index in [1.807, 2.05) is 4.81 Å². The van der Waals surface area contributed by atoms with E-state index in [0.29, 0.717) is 11.1 Å². The summed E-state index contributed by atoms with van der Waals surface area (Å²) in [6.45, 7) is 1.53. The van der Waals surface area contributed by atoms with Gasteiger partial charge in [0, 0.05) is 18.7 Å². The molecule has 1 saturated heterocycles. The van der Waals surface area contributed by atoms with E-state index in [0.717, 1.165) is 32.1 Å². The summed E-state index contributed by atoms with van der Waals surface area (Å²) in [6, 6.07) is 6.61. The Morgan fingerprint density at radius 1 is 1.22 bits per heavy atom. The molecule has 23 heavy (non-hydrogen) atoms. The van der Waals surface area contributed by atoms with Crippen molar-refractivity contribution in [1.29, 1.82) is 0 Å². The third kappa shape index (κ3) is 4.19. The molecule has 6 nitrogen and oxygen atoms in total. The summed E-state index contributed by atoms with van der Waals surface area (Å²) in [6.07, 6.45) is 2.44. The van der Waals surface area contributed by atoms with E-state index in [-0.39, 0.29) is 11.9 Å². The molecule has 0 atom stereocenters. The number of rotatable bonds is 5. The quantitative estimate of drug-likeness (QED) is 0.457. The summed E-state index contributed by atoms with van der Waals surface area (Å²) >= 11 is 0. The van der Waals surface area contributed by atoms with Crippen LogP contribution in [0.25, 0.3) is 0 Å². The minimum absolute atomic E-state index is 0.0702. The van der Waals surface area contributed by atoms with Gasteiger partial charge in [0.2, 0.25) is 0 Å². The van der Waals surface area contributed by atoms with Crippen molar-refractivity contribution in [2.45, 2.75) is 18.9 Å². The minimum Gasteiger partial charge on any atom is -0.465 e. The van der Waals surface area contributed by atoms with Gasteiger partial charge >= 0.3 is 5.97 Å². The molecule has 121 valence electrons. The normalized spacial score (nSPS) is 15.7. The Bertz CT molecular complexity index is 568. The molecule has 1 heterocycles. The molecule has 1 radical (unpaired) electrons. The van der Waals surface area contributed by atoms with Gasteiger partial charge in [-0.25, -0.2) is 4.79 Å². The van der Waals surface area contributed by atoms with Crippen LogP contribution in [0.15, 0.2) is 24.3 Å². The van der Waals surface area contributed by atoms with Crippen LogP contribution in [0.2, 0.25) is 0 Å². The van der Waals surface area contributed by atoms with Crippen LogP contribution in [-0.2, 0) is 9.53 Å². The highest BCUT2D eigenvalue weighted by molar-refractivity contribution is 6.64. The fourth-order valence-electron chi connectivity index (χ4n) is 2.74. The number of carbonyl (C=O) groups is 3. The third-order valence-corrected chi connectivity index (χ3v) is 4.19. The second-order valence-electron chi connectivity index (χ2n) is 5.54. The molecular weight excluding hydrogens is 295 g/mol. The maximum absolute atomic E-state index is 12.5. The SMILES string of the molecule is COC(=O)c1ccc(C(=O)N(C)C2CCN([B]C=O)CC2)cc1. The van der Waals surface area contributed by atoms with Crippen LogP contribution in [0.4, 0.5) is 0 Å². The molecule has 1 aromatic carbocycles. The van der Waals surface area contributed by atoms with Crippen LogP contribution in [0.1, 0.15) is 33.6 Å². The highest BCUT2D eigenvalue weighted by atomic mass is 16.5. The van der Waals surface area contributed by atoms with Gasteiger partial charge < -0.3 is 19.2 Å². The summed E-state index contributed by atoms with van der Waals surface area (Å²) < 4.78 is 4.64. The molecule has 2 rings (SSSR count). The summed E-state index contributed by atoms with van der Waals surface area (Å²) in [5.41, 5.74) is 0.964. The summed E-state index contributed by atoms with van der Waals surface area (Å²) in [7, 11) is 4.66. The largest absolute Gasteiger partial charge is 0.465 e. The molecule has 0 N–H and O–H groups in total. The zero-order valence-electron chi connectivity index (χ0n) is 13.4. The van der Waals surface area contributed by atoms with E-state index >= 15 is 0 Å². The van der Waals surface area contributed by atoms with Crippen LogP contribution in [0, 0.1) is 0 Å². The van der Waals surface area contributed by atoms with Crippen LogP contribution in [-0.4, -0.2) is 68.5 Å². The van der Waals surface area contributed by atoms with Gasteiger partial charge in [-0.1, -0.05) is 0 Å². The van der Waals surface area contributed by atoms with Gasteiger partial charge in [0.1, 0.15) is 0 Å². The topological polar surface area (TPSA) is 66.9 Å². The maximum Gasteiger partial charge on any atom is 0.337 e. The average Bonchev–Trinajstić information content (AvgIpc) is 2.61. The van der Waals surface area contributed by atoms with Crippen molar-refractivity contribution in [1.82, 2.24) is 9.71 Å². The maximum atomic E-state index is 12.5. The first kappa shape index (κ1) is 17.2. The highest BCUT2D eigenvalue weighted by Crippen LogP contribution is 2.17. The number of hydrogen-bond donors (Lipinski definition) is 0. The number of ether oxygens (including phenoxy) is 1. The van der Waals surface area contributed by atoms with Crippen molar-refractivity contribution >= 4 is 25.5 Å². The van der Waals surface area contributed by atoms with Gasteiger partial charge in [0.25, 0.3) is 13.3 Å². The molecular formula is C16H20BN2O4. The van der Waals surface area contributed by atoms with Crippen molar-refractivity contribution in [3.63, 3.8) is 0 Å². The van der Waals surface area contributed by atoms with Crippen molar-refractivity contribution in [2.75, 3.05) is 27.2 Å². The summed E-state index contributed by atoms with van der Waals surface area (Å²) in [5.74, 6) is -0.490. The molecule has 7 heteroatoms. The Hall–Kier alpha value is -2.15. The number of hydrogen-bond acceptors (Lipinski definition) is 5. The standard InChI is InChI=1S/C16H20BN2O4/c1-18(14-7-9-19(10-8-14)17-11-20)15(21)12-3-5-13(6-4-12)16(22)23-2/h3-6,11,14H,7-10H2,1-2H3. The summed E-state index contributed by atoms with van der Waals surface area (Å²) in [4.78, 5) is 38.1. The van der Waals surface area contributed by atoms with Crippen molar-refractivity contribution < 1.29 is 19.1 Å². The van der Waals surface area contributed by atoms with Crippen molar-refractivity contribution in [2.24, 2.45) is 0 Å². The second-order valence-corrected chi connectivity index (χ2v) is 5.54. The molecule has 1 aliphatic rings. The predicted molar refractivity (Wildman–Crippen MR) is 87.0 cm³/mol. The molecule has 1 aliphatic heterocycles. The lowest BCUT2D eigenvalue weighted by Gasteiger charge is -2.36. The van der Waals surface area contributed by atoms with Gasteiger partial charge in [0.05, 0.1) is 18.9 Å². The van der Waals surface area contributed by atoms with E-state index in [1.54, 1.807) is 43.6 Å². The van der Waals surface area contributed by atoms with Crippen LogP contribution < -0.4 is 0 Å². The molecule has 0 unspecified atom stereocenters. The molecule has 0 spiro atoms. The van der Waals surface area contributed by atoms with Crippen LogP contribution >= 0.6 is 0 Å². The Morgan fingerprint density at radius 3 is 2.30 bits per heavy atom. The first-order valence-corrected chi connectivity index (χ1v) is 7.55. The lowest BCUT2D eigenvalue weighted by atomic mass is 9.89. The van der Waals surface area contributed by atoms with Gasteiger partial charge in [-0.15, -0.1) is 0 Å². The molecule has 0 aliphatic carbocycles. The molecule has 0 bridgehead atoms. The Morgan fingerprint density at radius 2 is 1.78 bits per heavy atom. The van der Waals surface area contributed by atoms with E-state index < -0.39 is 5.97 Å². The number of nitrogens with zero attached hydrogens (tertiary/aromatic N) is 2. The number of esters is 1. The van der Waals surface area contributed by atoms with E-state index in [9.17, 15) is 14.4 Å². The Labute approximate surface area is 136 Å². The van der Waals surface area contributed by atoms with Crippen molar-refractivity contribution in [3.8, 4) is 0 Å². The Balaban J connectivity index is 1.97. The van der Waals surface area contributed by atoms with Crippen LogP contribution in [0.5, 0.6) is 0 Å². The van der Waals surface area contributed by atoms with Gasteiger partial charge in [-0.2, -0.15) is 0 Å². The lowest BCUT2D eigenvalue weighted by molar-refractivity contribution is 0.0598. The second kappa shape index (κ2) is 7.92. The molecule has 0 saturated carbocycles. The Kier molecular flexibility index (Phi) is 5.93. The fourth-order valence-corrected chi connectivity index (χ4v) is 2.74. The fraction of sp³-hybridized carbons (Fsp3) is 0.438. The molecule has 1 amide bonds. The smallest absolute Gasteiger partial charge is 0.337 e. The number of piperidine rings is 1. The average molecular weight is 315 g/mol. The third-order valence-electron chi connectivity index (χ3n) is 4.19. The number of carbonyl (C=O) groups excluding carboxylic acids is 3. The number of methoxy groups -OCH3 is 1. The van der Waals surface area contributed by atoms with E-state index in [4.69, 9.17) is 0 Å². The first-order chi connectivity index (χ1) is 11.1. The van der Waals surface area contributed by atoms with Crippen molar-refractivity contribution in [3.05, 3.63) is 35.4 Å². The number of benzene rings is 1. The number of amides is 1. The van der Waals surface area contributed by atoms with E-state index in [2.05, 4.69) is 4.74 Å². The zero-order chi connectivity index (χ0) is 16.8. The first-order valence-electron chi connectivity index (χ1n) is 7.55. The molecule has 1 aromatic rings. The molecule has 1 fully saturated rings. The van der Waals surface area contributed by atoms with Crippen LogP contribution in [0.3, 0.4) is 0 Å². The summed E-state index contributed by atoms with van der Waals surface area (Å²) in [5, 5.41) is 0. The highest BCUT2D eigenvalue weighted by Gasteiger charge is 2.26. The molecule has 0 aromatic heterocycles. The monoisotopic (exact) mass is 315 g/mol. The minimum atomic E-state index is -0.420.